The molecule has 4 heteroatoms. The highest BCUT2D eigenvalue weighted by atomic mass is 16.1. The van der Waals surface area contributed by atoms with Crippen molar-refractivity contribution in [1.29, 1.82) is 5.26 Å². The van der Waals surface area contributed by atoms with Gasteiger partial charge in [0.05, 0.1) is 0 Å². The largest absolute Gasteiger partial charge is 0.365 e. The highest BCUT2D eigenvalue weighted by Gasteiger charge is 2.02. The minimum Gasteiger partial charge on any atom is -0.365 e. The topological polar surface area (TPSA) is 79.8 Å². The van der Waals surface area contributed by atoms with E-state index in [4.69, 9.17) is 11.0 Å². The van der Waals surface area contributed by atoms with E-state index in [1.807, 2.05) is 0 Å². The number of nitrogens with two attached hydrogens (primary N) is 1. The molecule has 0 radical (unpaired) electrons. The Hall–Kier alpha value is -2.15. The van der Waals surface area contributed by atoms with Crippen LogP contribution >= 0.6 is 0 Å². The van der Waals surface area contributed by atoms with E-state index in [0.29, 0.717) is 5.56 Å². The molecule has 0 fully saturated rings. The zero-order valence-electron chi connectivity index (χ0n) is 6.77. The van der Waals surface area contributed by atoms with Crippen LogP contribution in [-0.2, 0) is 4.79 Å². The summed E-state index contributed by atoms with van der Waals surface area (Å²) in [6.07, 6.45) is 4.54. The number of hydrogen-bond donors (Lipinski definition) is 1. The number of hydrogen-bond acceptors (Lipinski definition) is 3. The minimum absolute atomic E-state index is 0.0759. The van der Waals surface area contributed by atoms with E-state index in [0.717, 1.165) is 0 Å². The van der Waals surface area contributed by atoms with Crippen LogP contribution in [-0.4, -0.2) is 10.9 Å². The summed E-state index contributed by atoms with van der Waals surface area (Å²) in [4.78, 5) is 14.5. The molecule has 4 nitrogen and oxygen atoms in total. The van der Waals surface area contributed by atoms with E-state index >= 15 is 0 Å². The van der Waals surface area contributed by atoms with Crippen molar-refractivity contribution in [1.82, 2.24) is 4.98 Å². The second-order valence-electron chi connectivity index (χ2n) is 2.32. The summed E-state index contributed by atoms with van der Waals surface area (Å²) in [5.74, 6) is -0.730. The molecule has 0 unspecified atom stereocenters. The number of rotatable bonds is 2. The lowest BCUT2D eigenvalue weighted by atomic mass is 10.2. The molecule has 1 aromatic heterocycles. The zero-order chi connectivity index (χ0) is 9.68. The van der Waals surface area contributed by atoms with Gasteiger partial charge < -0.3 is 5.73 Å². The predicted octanol–water partition coefficient (Wildman–Crippen LogP) is 0.474. The van der Waals surface area contributed by atoms with Crippen molar-refractivity contribution in [3.05, 3.63) is 35.7 Å². The molecule has 0 bridgehead atoms. The van der Waals surface area contributed by atoms with Crippen LogP contribution in [0.4, 0.5) is 0 Å². The molecule has 1 rings (SSSR count). The van der Waals surface area contributed by atoms with Crippen LogP contribution in [0.25, 0.3) is 6.08 Å². The summed E-state index contributed by atoms with van der Waals surface area (Å²) in [5.41, 5.74) is 5.55. The Morgan fingerprint density at radius 1 is 1.69 bits per heavy atom. The number of aromatic nitrogens is 1. The summed E-state index contributed by atoms with van der Waals surface area (Å²) in [6, 6.07) is 5.15. The monoisotopic (exact) mass is 173 g/mol. The molecule has 0 aliphatic heterocycles. The molecule has 13 heavy (non-hydrogen) atoms. The number of nitrogens with zero attached hydrogens (tertiary/aromatic N) is 2. The maximum absolute atomic E-state index is 10.6. The molecule has 0 saturated carbocycles. The van der Waals surface area contributed by atoms with Crippen LogP contribution < -0.4 is 5.73 Å². The number of carbonyl (C=O) groups is 1. The molecule has 0 atom stereocenters. The van der Waals surface area contributed by atoms with Gasteiger partial charge in [-0.25, -0.2) is 0 Å². The van der Waals surface area contributed by atoms with E-state index in [1.54, 1.807) is 30.6 Å². The van der Waals surface area contributed by atoms with Gasteiger partial charge >= 0.3 is 0 Å². The summed E-state index contributed by atoms with van der Waals surface area (Å²) in [7, 11) is 0. The normalized spacial score (nSPS) is 10.5. The van der Waals surface area contributed by atoms with Gasteiger partial charge in [0.2, 0.25) is 0 Å². The van der Waals surface area contributed by atoms with Crippen molar-refractivity contribution >= 4 is 12.0 Å². The fourth-order valence-corrected chi connectivity index (χ4v) is 0.787. The van der Waals surface area contributed by atoms with Crippen LogP contribution in [0.2, 0.25) is 0 Å². The Labute approximate surface area is 75.3 Å². The fourth-order valence-electron chi connectivity index (χ4n) is 0.787. The highest BCUT2D eigenvalue weighted by Crippen LogP contribution is 2.03. The molecule has 1 heterocycles. The van der Waals surface area contributed by atoms with E-state index in [2.05, 4.69) is 4.98 Å². The standard InChI is InChI=1S/C9H7N3O/c10-5-8(9(11)13)4-7-2-1-3-12-6-7/h1-4,6H,(H2,11,13)/b8-4+. The second-order valence-corrected chi connectivity index (χ2v) is 2.32. The SMILES string of the molecule is N#C/C(=C\c1cccnc1)C(N)=O. The average Bonchev–Trinajstić information content (AvgIpc) is 2.15. The Bertz CT molecular complexity index is 376. The number of carbonyl (C=O) groups excluding carboxylic acids is 1. The Morgan fingerprint density at radius 2 is 2.46 bits per heavy atom. The van der Waals surface area contributed by atoms with E-state index in [1.165, 1.54) is 6.08 Å². The van der Waals surface area contributed by atoms with Crippen LogP contribution in [0.5, 0.6) is 0 Å². The first-order valence-corrected chi connectivity index (χ1v) is 3.55. The average molecular weight is 173 g/mol. The maximum Gasteiger partial charge on any atom is 0.259 e. The van der Waals surface area contributed by atoms with Crippen LogP contribution in [0.3, 0.4) is 0 Å². The summed E-state index contributed by atoms with van der Waals surface area (Å²) >= 11 is 0. The van der Waals surface area contributed by atoms with Crippen molar-refractivity contribution in [2.75, 3.05) is 0 Å². The molecule has 2 N–H and O–H groups in total. The van der Waals surface area contributed by atoms with Gasteiger partial charge in [0, 0.05) is 12.4 Å². The zero-order valence-corrected chi connectivity index (χ0v) is 6.77. The third-order valence-electron chi connectivity index (χ3n) is 1.38. The number of amides is 1. The van der Waals surface area contributed by atoms with Gasteiger partial charge in [0.25, 0.3) is 5.91 Å². The van der Waals surface area contributed by atoms with Crippen molar-refractivity contribution in [3.63, 3.8) is 0 Å². The quantitative estimate of drug-likeness (QED) is 0.521. The lowest BCUT2D eigenvalue weighted by Gasteiger charge is -1.92. The predicted molar refractivity (Wildman–Crippen MR) is 47.0 cm³/mol. The number of pyridine rings is 1. The summed E-state index contributed by atoms with van der Waals surface area (Å²) < 4.78 is 0. The lowest BCUT2D eigenvalue weighted by molar-refractivity contribution is -0.114. The molecule has 1 amide bonds. The van der Waals surface area contributed by atoms with Crippen molar-refractivity contribution in [2.24, 2.45) is 5.73 Å². The first-order chi connectivity index (χ1) is 6.24. The van der Waals surface area contributed by atoms with E-state index in [9.17, 15) is 4.79 Å². The second kappa shape index (κ2) is 4.02. The van der Waals surface area contributed by atoms with E-state index in [-0.39, 0.29) is 5.57 Å². The Morgan fingerprint density at radius 3 is 2.92 bits per heavy atom. The van der Waals surface area contributed by atoms with E-state index < -0.39 is 5.91 Å². The fraction of sp³-hybridized carbons (Fsp3) is 0. The molecule has 0 spiro atoms. The number of nitriles is 1. The Balaban J connectivity index is 3.01. The van der Waals surface area contributed by atoms with Gasteiger partial charge in [-0.1, -0.05) is 6.07 Å². The van der Waals surface area contributed by atoms with Crippen molar-refractivity contribution in [3.8, 4) is 6.07 Å². The first kappa shape index (κ1) is 8.94. The summed E-state index contributed by atoms with van der Waals surface area (Å²) in [6.45, 7) is 0. The van der Waals surface area contributed by atoms with Crippen molar-refractivity contribution < 1.29 is 4.79 Å². The van der Waals surface area contributed by atoms with Gasteiger partial charge in [0.15, 0.2) is 0 Å². The van der Waals surface area contributed by atoms with Gasteiger partial charge in [-0.15, -0.1) is 0 Å². The molecular weight excluding hydrogens is 166 g/mol. The molecular formula is C9H7N3O. The molecule has 1 aromatic rings. The molecule has 0 saturated heterocycles. The molecule has 0 aliphatic carbocycles. The lowest BCUT2D eigenvalue weighted by Crippen LogP contribution is -2.12. The van der Waals surface area contributed by atoms with Crippen LogP contribution in [0.1, 0.15) is 5.56 Å². The van der Waals surface area contributed by atoms with Crippen molar-refractivity contribution in [2.45, 2.75) is 0 Å². The van der Waals surface area contributed by atoms with Crippen LogP contribution in [0, 0.1) is 11.3 Å². The van der Waals surface area contributed by atoms with Gasteiger partial charge in [-0.2, -0.15) is 5.26 Å². The van der Waals surface area contributed by atoms with Gasteiger partial charge in [-0.3, -0.25) is 9.78 Å². The minimum atomic E-state index is -0.730. The molecule has 64 valence electrons. The third kappa shape index (κ3) is 2.42. The summed E-state index contributed by atoms with van der Waals surface area (Å²) in [5, 5.41) is 8.52. The third-order valence-corrected chi connectivity index (χ3v) is 1.38. The molecule has 0 aliphatic rings. The Kier molecular flexibility index (Phi) is 2.77. The maximum atomic E-state index is 10.6. The highest BCUT2D eigenvalue weighted by molar-refractivity contribution is 6.00. The first-order valence-electron chi connectivity index (χ1n) is 3.55. The van der Waals surface area contributed by atoms with Crippen LogP contribution in [0.15, 0.2) is 30.1 Å². The van der Waals surface area contributed by atoms with Gasteiger partial charge in [-0.05, 0) is 17.7 Å². The number of primary amides is 1. The van der Waals surface area contributed by atoms with Gasteiger partial charge in [0.1, 0.15) is 11.6 Å². The smallest absolute Gasteiger partial charge is 0.259 e. The molecule has 0 aromatic carbocycles.